The first-order chi connectivity index (χ1) is 10.8. The van der Waals surface area contributed by atoms with Crippen LogP contribution in [0.2, 0.25) is 0 Å². The smallest absolute Gasteiger partial charge is 0.243 e. The molecule has 0 radical (unpaired) electrons. The molecule has 2 amide bonds. The van der Waals surface area contributed by atoms with Gasteiger partial charge in [-0.05, 0) is 24.3 Å². The molecule has 1 rings (SSSR count). The summed E-state index contributed by atoms with van der Waals surface area (Å²) in [7, 11) is 0. The van der Waals surface area contributed by atoms with Gasteiger partial charge in [0.25, 0.3) is 0 Å². The first-order valence-corrected chi connectivity index (χ1v) is 8.01. The summed E-state index contributed by atoms with van der Waals surface area (Å²) in [5.74, 6) is -0.298. The molecular formula is C19H28N2O2. The maximum absolute atomic E-state index is 12.6. The highest BCUT2D eigenvalue weighted by atomic mass is 16.2. The van der Waals surface area contributed by atoms with Crippen molar-refractivity contribution in [2.75, 3.05) is 0 Å². The van der Waals surface area contributed by atoms with Crippen LogP contribution in [0.3, 0.4) is 0 Å². The van der Waals surface area contributed by atoms with E-state index in [2.05, 4.69) is 17.2 Å². The van der Waals surface area contributed by atoms with E-state index in [4.69, 9.17) is 0 Å². The van der Waals surface area contributed by atoms with Gasteiger partial charge >= 0.3 is 0 Å². The van der Waals surface area contributed by atoms with E-state index in [-0.39, 0.29) is 23.3 Å². The van der Waals surface area contributed by atoms with Gasteiger partial charge in [0, 0.05) is 6.42 Å². The van der Waals surface area contributed by atoms with Crippen LogP contribution in [-0.2, 0) is 9.59 Å². The first-order valence-electron chi connectivity index (χ1n) is 8.01. The molecular weight excluding hydrogens is 288 g/mol. The fourth-order valence-electron chi connectivity index (χ4n) is 2.26. The Labute approximate surface area is 139 Å². The Balaban J connectivity index is 2.76. The highest BCUT2D eigenvalue weighted by Crippen LogP contribution is 2.21. The van der Waals surface area contributed by atoms with Crippen molar-refractivity contribution >= 4 is 11.8 Å². The number of carbonyl (C=O) groups excluding carboxylic acids is 2. The second-order valence-corrected chi connectivity index (χ2v) is 6.83. The summed E-state index contributed by atoms with van der Waals surface area (Å²) in [5.41, 5.74) is 0.663. The van der Waals surface area contributed by atoms with E-state index in [9.17, 15) is 9.59 Å². The molecule has 0 fully saturated rings. The van der Waals surface area contributed by atoms with E-state index < -0.39 is 6.04 Å². The van der Waals surface area contributed by atoms with Crippen molar-refractivity contribution < 1.29 is 9.59 Å². The van der Waals surface area contributed by atoms with Crippen LogP contribution in [0.4, 0.5) is 0 Å². The van der Waals surface area contributed by atoms with Crippen molar-refractivity contribution in [3.05, 3.63) is 48.6 Å². The summed E-state index contributed by atoms with van der Waals surface area (Å²) in [6.45, 7) is 11.4. The van der Waals surface area contributed by atoms with Crippen molar-refractivity contribution in [2.24, 2.45) is 5.41 Å². The molecule has 2 N–H and O–H groups in total. The van der Waals surface area contributed by atoms with Crippen molar-refractivity contribution in [3.63, 3.8) is 0 Å². The van der Waals surface area contributed by atoms with E-state index in [1.165, 1.54) is 0 Å². The molecule has 1 aromatic rings. The van der Waals surface area contributed by atoms with Gasteiger partial charge in [-0.15, -0.1) is 6.58 Å². The fraction of sp³-hybridized carbons (Fsp3) is 0.474. The number of allylic oxidation sites excluding steroid dienone is 1. The number of hydrogen-bond donors (Lipinski definition) is 2. The Morgan fingerprint density at radius 1 is 1.17 bits per heavy atom. The standard InChI is InChI=1S/C19H28N2O2/c1-6-7-13-16(22)21-17(19(3,4)5)18(23)20-14(2)15-11-9-8-10-12-15/h6,8-12,14,17H,1,7,13H2,2-5H3,(H,20,23)(H,21,22)/t14-,17-/m1/s1. The zero-order valence-corrected chi connectivity index (χ0v) is 14.6. The van der Waals surface area contributed by atoms with Crippen molar-refractivity contribution in [1.29, 1.82) is 0 Å². The molecule has 23 heavy (non-hydrogen) atoms. The van der Waals surface area contributed by atoms with Crippen LogP contribution in [0.25, 0.3) is 0 Å². The summed E-state index contributed by atoms with van der Waals surface area (Å²) in [6, 6.07) is 9.08. The van der Waals surface area contributed by atoms with Gasteiger partial charge < -0.3 is 10.6 Å². The molecule has 0 unspecified atom stereocenters. The molecule has 0 bridgehead atoms. The van der Waals surface area contributed by atoms with E-state index in [0.29, 0.717) is 12.8 Å². The lowest BCUT2D eigenvalue weighted by Gasteiger charge is -2.31. The average Bonchev–Trinajstić information content (AvgIpc) is 2.50. The average molecular weight is 316 g/mol. The largest absolute Gasteiger partial charge is 0.348 e. The Hall–Kier alpha value is -2.10. The lowest BCUT2D eigenvalue weighted by molar-refractivity contribution is -0.132. The summed E-state index contributed by atoms with van der Waals surface area (Å²) in [6.07, 6.45) is 2.64. The quantitative estimate of drug-likeness (QED) is 0.758. The maximum atomic E-state index is 12.6. The zero-order valence-electron chi connectivity index (χ0n) is 14.6. The Bertz CT molecular complexity index is 532. The molecule has 0 aliphatic rings. The fourth-order valence-corrected chi connectivity index (χ4v) is 2.26. The van der Waals surface area contributed by atoms with Crippen LogP contribution >= 0.6 is 0 Å². The molecule has 0 heterocycles. The second-order valence-electron chi connectivity index (χ2n) is 6.83. The lowest BCUT2D eigenvalue weighted by atomic mass is 9.85. The van der Waals surface area contributed by atoms with E-state index >= 15 is 0 Å². The molecule has 0 aromatic heterocycles. The number of carbonyl (C=O) groups is 2. The Morgan fingerprint density at radius 2 is 1.78 bits per heavy atom. The minimum absolute atomic E-state index is 0.112. The summed E-state index contributed by atoms with van der Waals surface area (Å²) in [5, 5.41) is 5.84. The summed E-state index contributed by atoms with van der Waals surface area (Å²) < 4.78 is 0. The van der Waals surface area contributed by atoms with Gasteiger partial charge in [-0.2, -0.15) is 0 Å². The van der Waals surface area contributed by atoms with Gasteiger partial charge in [0.2, 0.25) is 11.8 Å². The third kappa shape index (κ3) is 6.27. The van der Waals surface area contributed by atoms with Crippen LogP contribution in [-0.4, -0.2) is 17.9 Å². The Morgan fingerprint density at radius 3 is 2.30 bits per heavy atom. The van der Waals surface area contributed by atoms with Gasteiger partial charge in [-0.1, -0.05) is 57.2 Å². The topological polar surface area (TPSA) is 58.2 Å². The zero-order chi connectivity index (χ0) is 17.5. The summed E-state index contributed by atoms with van der Waals surface area (Å²) >= 11 is 0. The number of benzene rings is 1. The molecule has 0 saturated carbocycles. The number of hydrogen-bond acceptors (Lipinski definition) is 2. The van der Waals surface area contributed by atoms with Gasteiger partial charge in [-0.3, -0.25) is 9.59 Å². The third-order valence-electron chi connectivity index (χ3n) is 3.67. The molecule has 0 aliphatic heterocycles. The number of amides is 2. The van der Waals surface area contributed by atoms with E-state index in [0.717, 1.165) is 5.56 Å². The molecule has 0 saturated heterocycles. The van der Waals surface area contributed by atoms with Crippen LogP contribution < -0.4 is 10.6 Å². The Kier molecular flexibility index (Phi) is 7.01. The highest BCUT2D eigenvalue weighted by molar-refractivity contribution is 5.88. The SMILES string of the molecule is C=CCCC(=O)N[C@H](C(=O)N[C@H](C)c1ccccc1)C(C)(C)C. The van der Waals surface area contributed by atoms with Crippen LogP contribution in [0.15, 0.2) is 43.0 Å². The summed E-state index contributed by atoms with van der Waals surface area (Å²) in [4.78, 5) is 24.6. The molecule has 2 atom stereocenters. The molecule has 4 heteroatoms. The monoisotopic (exact) mass is 316 g/mol. The predicted molar refractivity (Wildman–Crippen MR) is 93.8 cm³/mol. The van der Waals surface area contributed by atoms with Crippen LogP contribution in [0.5, 0.6) is 0 Å². The van der Waals surface area contributed by atoms with Crippen LogP contribution in [0, 0.1) is 5.41 Å². The second kappa shape index (κ2) is 8.51. The number of rotatable bonds is 7. The normalized spacial score (nSPS) is 13.7. The van der Waals surface area contributed by atoms with Gasteiger partial charge in [0.05, 0.1) is 6.04 Å². The predicted octanol–water partition coefficient (Wildman–Crippen LogP) is 3.36. The molecule has 4 nitrogen and oxygen atoms in total. The first kappa shape index (κ1) is 18.9. The van der Waals surface area contributed by atoms with Crippen molar-refractivity contribution in [2.45, 2.75) is 52.6 Å². The molecule has 0 spiro atoms. The van der Waals surface area contributed by atoms with Crippen molar-refractivity contribution in [1.82, 2.24) is 10.6 Å². The molecule has 126 valence electrons. The van der Waals surface area contributed by atoms with Crippen molar-refractivity contribution in [3.8, 4) is 0 Å². The van der Waals surface area contributed by atoms with Crippen LogP contribution in [0.1, 0.15) is 52.1 Å². The lowest BCUT2D eigenvalue weighted by Crippen LogP contribution is -2.53. The minimum atomic E-state index is -0.578. The maximum Gasteiger partial charge on any atom is 0.243 e. The highest BCUT2D eigenvalue weighted by Gasteiger charge is 2.33. The van der Waals surface area contributed by atoms with E-state index in [1.54, 1.807) is 6.08 Å². The van der Waals surface area contributed by atoms with Gasteiger partial charge in [0.15, 0.2) is 0 Å². The molecule has 0 aliphatic carbocycles. The number of nitrogens with one attached hydrogen (secondary N) is 2. The third-order valence-corrected chi connectivity index (χ3v) is 3.67. The van der Waals surface area contributed by atoms with Gasteiger partial charge in [-0.25, -0.2) is 0 Å². The minimum Gasteiger partial charge on any atom is -0.348 e. The van der Waals surface area contributed by atoms with E-state index in [1.807, 2.05) is 58.0 Å². The molecule has 1 aromatic carbocycles. The van der Waals surface area contributed by atoms with Gasteiger partial charge in [0.1, 0.15) is 6.04 Å².